The molecule has 0 aromatic carbocycles. The second kappa shape index (κ2) is 6.64. The lowest BCUT2D eigenvalue weighted by Crippen LogP contribution is -2.22. The van der Waals surface area contributed by atoms with Crippen LogP contribution in [0.25, 0.3) is 0 Å². The second-order valence-electron chi connectivity index (χ2n) is 4.93. The van der Waals surface area contributed by atoms with E-state index in [-0.39, 0.29) is 5.60 Å². The quantitative estimate of drug-likeness (QED) is 0.818. The maximum Gasteiger partial charge on any atom is 0.125 e. The van der Waals surface area contributed by atoms with Crippen molar-refractivity contribution >= 4 is 11.3 Å². The van der Waals surface area contributed by atoms with E-state index in [1.165, 1.54) is 4.88 Å². The average molecular weight is 270 g/mol. The van der Waals surface area contributed by atoms with Crippen LogP contribution in [-0.2, 0) is 10.3 Å². The minimum Gasteiger partial charge on any atom is -0.371 e. The number of nitrogens with zero attached hydrogens (tertiary/aromatic N) is 1. The molecular weight excluding hydrogens is 244 g/mol. The molecule has 18 heavy (non-hydrogen) atoms. The van der Waals surface area contributed by atoms with Crippen LogP contribution in [0.1, 0.15) is 62.2 Å². The summed E-state index contributed by atoms with van der Waals surface area (Å²) in [5.41, 5.74) is 0.876. The third kappa shape index (κ3) is 3.31. The predicted molar refractivity (Wildman–Crippen MR) is 78.2 cm³/mol. The summed E-state index contributed by atoms with van der Waals surface area (Å²) in [6.07, 6.45) is 2.09. The van der Waals surface area contributed by atoms with Crippen molar-refractivity contribution < 1.29 is 4.74 Å². The van der Waals surface area contributed by atoms with Gasteiger partial charge >= 0.3 is 0 Å². The van der Waals surface area contributed by atoms with Crippen molar-refractivity contribution in [1.82, 2.24) is 10.3 Å². The first-order valence-electron chi connectivity index (χ1n) is 6.74. The highest BCUT2D eigenvalue weighted by molar-refractivity contribution is 7.12. The molecule has 104 valence electrons. The standard InChI is InChI=1S/C14H26N2OS/c1-7-9-15-10(3)12-11(4)16-13(18-12)14(5,8-2)17-6/h10,15H,7-9H2,1-6H3. The van der Waals surface area contributed by atoms with Crippen LogP contribution in [0.3, 0.4) is 0 Å². The number of aryl methyl sites for hydroxylation is 1. The number of hydrogen-bond donors (Lipinski definition) is 1. The molecule has 4 heteroatoms. The molecule has 0 saturated heterocycles. The van der Waals surface area contributed by atoms with E-state index in [9.17, 15) is 0 Å². The summed E-state index contributed by atoms with van der Waals surface area (Å²) in [4.78, 5) is 6.04. The second-order valence-corrected chi connectivity index (χ2v) is 5.96. The molecule has 0 amide bonds. The molecule has 0 aliphatic rings. The molecule has 0 aliphatic heterocycles. The highest BCUT2D eigenvalue weighted by Gasteiger charge is 2.29. The van der Waals surface area contributed by atoms with Crippen molar-refractivity contribution in [1.29, 1.82) is 0 Å². The normalized spacial score (nSPS) is 16.6. The Hall–Kier alpha value is -0.450. The molecule has 0 aliphatic carbocycles. The number of thiazole rings is 1. The van der Waals surface area contributed by atoms with Gasteiger partial charge in [0.15, 0.2) is 0 Å². The Morgan fingerprint density at radius 3 is 2.61 bits per heavy atom. The first-order chi connectivity index (χ1) is 8.48. The maximum absolute atomic E-state index is 5.63. The van der Waals surface area contributed by atoms with E-state index < -0.39 is 0 Å². The lowest BCUT2D eigenvalue weighted by atomic mass is 10.1. The predicted octanol–water partition coefficient (Wildman–Crippen LogP) is 3.78. The molecule has 1 N–H and O–H groups in total. The molecular formula is C14H26N2OS. The van der Waals surface area contributed by atoms with Gasteiger partial charge in [0, 0.05) is 18.0 Å². The van der Waals surface area contributed by atoms with Crippen molar-refractivity contribution in [3.8, 4) is 0 Å². The van der Waals surface area contributed by atoms with E-state index >= 15 is 0 Å². The van der Waals surface area contributed by atoms with E-state index in [4.69, 9.17) is 9.72 Å². The molecule has 0 saturated carbocycles. The molecule has 0 spiro atoms. The first kappa shape index (κ1) is 15.6. The van der Waals surface area contributed by atoms with E-state index in [1.807, 2.05) is 0 Å². The number of ether oxygens (including phenoxy) is 1. The topological polar surface area (TPSA) is 34.1 Å². The lowest BCUT2D eigenvalue weighted by molar-refractivity contribution is -0.00163. The molecule has 2 atom stereocenters. The SMILES string of the molecule is CCCNC(C)c1sc(C(C)(CC)OC)nc1C. The minimum absolute atomic E-state index is 0.252. The molecule has 0 bridgehead atoms. The molecule has 2 unspecified atom stereocenters. The Morgan fingerprint density at radius 1 is 1.44 bits per heavy atom. The summed E-state index contributed by atoms with van der Waals surface area (Å²) in [5.74, 6) is 0. The highest BCUT2D eigenvalue weighted by atomic mass is 32.1. The fourth-order valence-electron chi connectivity index (χ4n) is 1.87. The van der Waals surface area contributed by atoms with Gasteiger partial charge in [-0.2, -0.15) is 0 Å². The van der Waals surface area contributed by atoms with E-state index in [0.29, 0.717) is 6.04 Å². The Labute approximate surface area is 115 Å². The third-order valence-electron chi connectivity index (χ3n) is 3.50. The zero-order chi connectivity index (χ0) is 13.8. The van der Waals surface area contributed by atoms with Gasteiger partial charge in [-0.05, 0) is 40.2 Å². The molecule has 0 fully saturated rings. The zero-order valence-electron chi connectivity index (χ0n) is 12.5. The number of methoxy groups -OCH3 is 1. The number of aromatic nitrogens is 1. The summed E-state index contributed by atoms with van der Waals surface area (Å²) in [5, 5.41) is 4.61. The summed E-state index contributed by atoms with van der Waals surface area (Å²) in [7, 11) is 1.76. The summed E-state index contributed by atoms with van der Waals surface area (Å²) < 4.78 is 5.63. The van der Waals surface area contributed by atoms with Crippen LogP contribution >= 0.6 is 11.3 Å². The van der Waals surface area contributed by atoms with Crippen LogP contribution in [0.2, 0.25) is 0 Å². The fourth-order valence-corrected chi connectivity index (χ4v) is 3.16. The molecule has 3 nitrogen and oxygen atoms in total. The summed E-state index contributed by atoms with van der Waals surface area (Å²) in [6.45, 7) is 11.8. The van der Waals surface area contributed by atoms with Gasteiger partial charge in [-0.3, -0.25) is 0 Å². The molecule has 1 aromatic rings. The van der Waals surface area contributed by atoms with Crippen LogP contribution < -0.4 is 5.32 Å². The lowest BCUT2D eigenvalue weighted by Gasteiger charge is -2.23. The Bertz CT molecular complexity index is 372. The third-order valence-corrected chi connectivity index (χ3v) is 5.09. The highest BCUT2D eigenvalue weighted by Crippen LogP contribution is 2.35. The first-order valence-corrected chi connectivity index (χ1v) is 7.56. The van der Waals surface area contributed by atoms with Crippen molar-refractivity contribution in [3.63, 3.8) is 0 Å². The van der Waals surface area contributed by atoms with Crippen molar-refractivity contribution in [3.05, 3.63) is 15.6 Å². The summed E-state index contributed by atoms with van der Waals surface area (Å²) in [6, 6.07) is 0.370. The van der Waals surface area contributed by atoms with E-state index in [1.54, 1.807) is 18.4 Å². The average Bonchev–Trinajstić information content (AvgIpc) is 2.77. The largest absolute Gasteiger partial charge is 0.371 e. The van der Waals surface area contributed by atoms with Crippen LogP contribution in [0.5, 0.6) is 0 Å². The van der Waals surface area contributed by atoms with Gasteiger partial charge in [0.2, 0.25) is 0 Å². The van der Waals surface area contributed by atoms with Gasteiger partial charge in [0.05, 0.1) is 5.69 Å². The van der Waals surface area contributed by atoms with E-state index in [0.717, 1.165) is 30.1 Å². The van der Waals surface area contributed by atoms with Crippen LogP contribution in [0, 0.1) is 6.92 Å². The van der Waals surface area contributed by atoms with Gasteiger partial charge < -0.3 is 10.1 Å². The minimum atomic E-state index is -0.252. The van der Waals surface area contributed by atoms with Crippen LogP contribution in [0.4, 0.5) is 0 Å². The monoisotopic (exact) mass is 270 g/mol. The van der Waals surface area contributed by atoms with Gasteiger partial charge in [-0.1, -0.05) is 13.8 Å². The van der Waals surface area contributed by atoms with Crippen molar-refractivity contribution in [2.75, 3.05) is 13.7 Å². The zero-order valence-corrected chi connectivity index (χ0v) is 13.3. The van der Waals surface area contributed by atoms with Gasteiger partial charge in [-0.25, -0.2) is 4.98 Å². The molecule has 1 rings (SSSR count). The fraction of sp³-hybridized carbons (Fsp3) is 0.786. The molecule has 1 heterocycles. The Morgan fingerprint density at radius 2 is 2.11 bits per heavy atom. The molecule has 1 aromatic heterocycles. The molecule has 0 radical (unpaired) electrons. The van der Waals surface area contributed by atoms with Crippen molar-refractivity contribution in [2.24, 2.45) is 0 Å². The van der Waals surface area contributed by atoms with Crippen molar-refractivity contribution in [2.45, 2.75) is 59.1 Å². The number of rotatable bonds is 7. The van der Waals surface area contributed by atoms with Crippen LogP contribution in [-0.4, -0.2) is 18.6 Å². The van der Waals surface area contributed by atoms with E-state index in [2.05, 4.69) is 39.9 Å². The number of nitrogens with one attached hydrogen (secondary N) is 1. The Kier molecular flexibility index (Phi) is 5.76. The van der Waals surface area contributed by atoms with Crippen LogP contribution in [0.15, 0.2) is 0 Å². The number of hydrogen-bond acceptors (Lipinski definition) is 4. The van der Waals surface area contributed by atoms with Gasteiger partial charge in [0.25, 0.3) is 0 Å². The maximum atomic E-state index is 5.63. The van der Waals surface area contributed by atoms with Gasteiger partial charge in [-0.15, -0.1) is 11.3 Å². The Balaban J connectivity index is 2.94. The van der Waals surface area contributed by atoms with Gasteiger partial charge in [0.1, 0.15) is 10.6 Å². The smallest absolute Gasteiger partial charge is 0.125 e. The summed E-state index contributed by atoms with van der Waals surface area (Å²) >= 11 is 1.78.